The van der Waals surface area contributed by atoms with Crippen LogP contribution in [0.2, 0.25) is 0 Å². The summed E-state index contributed by atoms with van der Waals surface area (Å²) in [4.78, 5) is 11.3. The van der Waals surface area contributed by atoms with Gasteiger partial charge in [0.25, 0.3) is 10.0 Å². The first-order valence-electron chi connectivity index (χ1n) is 8.43. The topological polar surface area (TPSA) is 84.3 Å². The van der Waals surface area contributed by atoms with Gasteiger partial charge in [0.05, 0.1) is 16.8 Å². The summed E-state index contributed by atoms with van der Waals surface area (Å²) in [6.07, 6.45) is 1.57. The third-order valence-corrected chi connectivity index (χ3v) is 5.82. The number of hydrogen-bond acceptors (Lipinski definition) is 4. The maximum atomic E-state index is 13.2. The zero-order valence-electron chi connectivity index (χ0n) is 15.0. The number of carbonyl (C=O) groups excluding carboxylic acids is 1. The Balaban J connectivity index is 1.98. The first kappa shape index (κ1) is 18.7. The number of anilines is 2. The molecule has 1 N–H and O–H groups in total. The molecule has 0 aliphatic rings. The fraction of sp³-hybridized carbons (Fsp3) is 0.158. The van der Waals surface area contributed by atoms with Gasteiger partial charge in [-0.3, -0.25) is 4.79 Å². The van der Waals surface area contributed by atoms with Crippen LogP contribution >= 0.6 is 0 Å². The lowest BCUT2D eigenvalue weighted by Crippen LogP contribution is -2.32. The molecule has 1 amide bonds. The molecule has 0 fully saturated rings. The minimum absolute atomic E-state index is 0.138. The van der Waals surface area contributed by atoms with Crippen molar-refractivity contribution in [1.29, 1.82) is 0 Å². The molecule has 0 atom stereocenters. The highest BCUT2D eigenvalue weighted by Gasteiger charge is 2.26. The highest BCUT2D eigenvalue weighted by atomic mass is 32.2. The van der Waals surface area contributed by atoms with E-state index in [0.29, 0.717) is 11.5 Å². The van der Waals surface area contributed by atoms with Crippen LogP contribution in [0.4, 0.5) is 11.5 Å². The van der Waals surface area contributed by atoms with Crippen LogP contribution in [0.1, 0.15) is 13.8 Å². The van der Waals surface area contributed by atoms with Crippen molar-refractivity contribution >= 4 is 27.4 Å². The third kappa shape index (κ3) is 3.85. The highest BCUT2D eigenvalue weighted by Crippen LogP contribution is 2.26. The molecule has 0 spiro atoms. The number of aromatic nitrogens is 2. The number of amides is 1. The standard InChI is InChI=1S/C19H20N4O3S/c1-3-22(19-13-14-20-23(19)17-7-5-4-6-8-17)27(25,26)18-11-9-16(10-12-18)21-15(2)24/h4-14H,3H2,1-2H3,(H,21,24). The molecule has 8 heteroatoms. The van der Waals surface area contributed by atoms with E-state index in [0.717, 1.165) is 5.69 Å². The number of nitrogens with zero attached hydrogens (tertiary/aromatic N) is 3. The Labute approximate surface area is 158 Å². The average Bonchev–Trinajstić information content (AvgIpc) is 3.12. The maximum Gasteiger partial charge on any atom is 0.265 e. The molecule has 0 aliphatic carbocycles. The zero-order chi connectivity index (χ0) is 19.4. The van der Waals surface area contributed by atoms with Gasteiger partial charge in [0.15, 0.2) is 0 Å². The number of sulfonamides is 1. The monoisotopic (exact) mass is 384 g/mol. The molecule has 3 aromatic rings. The summed E-state index contributed by atoms with van der Waals surface area (Å²) in [5.41, 5.74) is 1.31. The zero-order valence-corrected chi connectivity index (χ0v) is 15.8. The molecule has 7 nitrogen and oxygen atoms in total. The normalized spacial score (nSPS) is 11.2. The number of nitrogens with one attached hydrogen (secondary N) is 1. The van der Waals surface area contributed by atoms with E-state index in [9.17, 15) is 13.2 Å². The third-order valence-electron chi connectivity index (χ3n) is 3.93. The van der Waals surface area contributed by atoms with Gasteiger partial charge in [-0.2, -0.15) is 5.10 Å². The van der Waals surface area contributed by atoms with Gasteiger partial charge in [-0.1, -0.05) is 18.2 Å². The van der Waals surface area contributed by atoms with E-state index in [-0.39, 0.29) is 17.3 Å². The van der Waals surface area contributed by atoms with E-state index < -0.39 is 10.0 Å². The van der Waals surface area contributed by atoms with E-state index in [1.54, 1.807) is 36.0 Å². The van der Waals surface area contributed by atoms with Crippen molar-refractivity contribution in [2.24, 2.45) is 0 Å². The lowest BCUT2D eigenvalue weighted by molar-refractivity contribution is -0.114. The molecule has 3 rings (SSSR count). The predicted octanol–water partition coefficient (Wildman–Crippen LogP) is 3.05. The fourth-order valence-electron chi connectivity index (χ4n) is 2.75. The van der Waals surface area contributed by atoms with E-state index in [1.165, 1.54) is 23.4 Å². The van der Waals surface area contributed by atoms with Crippen molar-refractivity contribution in [2.45, 2.75) is 18.7 Å². The van der Waals surface area contributed by atoms with Crippen molar-refractivity contribution < 1.29 is 13.2 Å². The van der Waals surface area contributed by atoms with E-state index in [1.807, 2.05) is 30.3 Å². The smallest absolute Gasteiger partial charge is 0.265 e. The minimum atomic E-state index is -3.79. The maximum absolute atomic E-state index is 13.2. The first-order valence-corrected chi connectivity index (χ1v) is 9.87. The molecule has 0 saturated heterocycles. The molecule has 0 bridgehead atoms. The summed E-state index contributed by atoms with van der Waals surface area (Å²) in [6, 6.07) is 17.1. The average molecular weight is 384 g/mol. The molecular weight excluding hydrogens is 364 g/mol. The largest absolute Gasteiger partial charge is 0.326 e. The minimum Gasteiger partial charge on any atom is -0.326 e. The Kier molecular flexibility index (Phi) is 5.27. The molecule has 0 aliphatic heterocycles. The summed E-state index contributed by atoms with van der Waals surface area (Å²) in [5, 5.41) is 6.90. The molecule has 0 unspecified atom stereocenters. The molecular formula is C19H20N4O3S. The Morgan fingerprint density at radius 3 is 2.33 bits per heavy atom. The van der Waals surface area contributed by atoms with Crippen molar-refractivity contribution in [2.75, 3.05) is 16.2 Å². The summed E-state index contributed by atoms with van der Waals surface area (Å²) >= 11 is 0. The van der Waals surface area contributed by atoms with Crippen LogP contribution in [-0.2, 0) is 14.8 Å². The predicted molar refractivity (Wildman–Crippen MR) is 105 cm³/mol. The molecule has 140 valence electrons. The van der Waals surface area contributed by atoms with Crippen molar-refractivity contribution in [3.05, 3.63) is 66.9 Å². The molecule has 27 heavy (non-hydrogen) atoms. The number of benzene rings is 2. The lowest BCUT2D eigenvalue weighted by atomic mass is 10.3. The SMILES string of the molecule is CCN(c1ccnn1-c1ccccc1)S(=O)(=O)c1ccc(NC(C)=O)cc1. The highest BCUT2D eigenvalue weighted by molar-refractivity contribution is 7.92. The second-order valence-corrected chi connectivity index (χ2v) is 7.67. The molecule has 1 heterocycles. The Morgan fingerprint density at radius 1 is 1.07 bits per heavy atom. The summed E-state index contributed by atoms with van der Waals surface area (Å²) in [6.45, 7) is 3.41. The Hall–Kier alpha value is -3.13. The number of para-hydroxylation sites is 1. The van der Waals surface area contributed by atoms with Crippen LogP contribution < -0.4 is 9.62 Å². The summed E-state index contributed by atoms with van der Waals surface area (Å²) in [7, 11) is -3.79. The lowest BCUT2D eigenvalue weighted by Gasteiger charge is -2.23. The number of carbonyl (C=O) groups is 1. The van der Waals surface area contributed by atoms with Gasteiger partial charge in [-0.25, -0.2) is 17.4 Å². The van der Waals surface area contributed by atoms with Crippen LogP contribution in [0.3, 0.4) is 0 Å². The van der Waals surface area contributed by atoms with Crippen LogP contribution in [-0.4, -0.2) is 30.7 Å². The van der Waals surface area contributed by atoms with Gasteiger partial charge in [0, 0.05) is 25.2 Å². The van der Waals surface area contributed by atoms with Gasteiger partial charge in [0.2, 0.25) is 5.91 Å². The van der Waals surface area contributed by atoms with Crippen LogP contribution in [0, 0.1) is 0 Å². The summed E-state index contributed by atoms with van der Waals surface area (Å²) in [5.74, 6) is 0.238. The van der Waals surface area contributed by atoms with Crippen molar-refractivity contribution in [1.82, 2.24) is 9.78 Å². The van der Waals surface area contributed by atoms with E-state index >= 15 is 0 Å². The summed E-state index contributed by atoms with van der Waals surface area (Å²) < 4.78 is 29.2. The van der Waals surface area contributed by atoms with Crippen molar-refractivity contribution in [3.8, 4) is 5.69 Å². The van der Waals surface area contributed by atoms with E-state index in [4.69, 9.17) is 0 Å². The first-order chi connectivity index (χ1) is 12.9. The van der Waals surface area contributed by atoms with Gasteiger partial charge in [-0.05, 0) is 43.3 Å². The Morgan fingerprint density at radius 2 is 1.74 bits per heavy atom. The van der Waals surface area contributed by atoms with Crippen LogP contribution in [0.25, 0.3) is 5.69 Å². The number of rotatable bonds is 6. The molecule has 0 radical (unpaired) electrons. The molecule has 0 saturated carbocycles. The van der Waals surface area contributed by atoms with Crippen LogP contribution in [0.5, 0.6) is 0 Å². The van der Waals surface area contributed by atoms with Gasteiger partial charge in [0.1, 0.15) is 5.82 Å². The quantitative estimate of drug-likeness (QED) is 0.708. The van der Waals surface area contributed by atoms with Gasteiger partial charge in [-0.15, -0.1) is 0 Å². The van der Waals surface area contributed by atoms with Crippen LogP contribution in [0.15, 0.2) is 71.8 Å². The van der Waals surface area contributed by atoms with E-state index in [2.05, 4.69) is 10.4 Å². The van der Waals surface area contributed by atoms with Crippen molar-refractivity contribution in [3.63, 3.8) is 0 Å². The van der Waals surface area contributed by atoms with Gasteiger partial charge >= 0.3 is 0 Å². The van der Waals surface area contributed by atoms with Gasteiger partial charge < -0.3 is 5.32 Å². The fourth-order valence-corrected chi connectivity index (χ4v) is 4.21. The second kappa shape index (κ2) is 7.63. The second-order valence-electron chi connectivity index (χ2n) is 5.81. The number of hydrogen-bond donors (Lipinski definition) is 1. The molecule has 1 aromatic heterocycles. The molecule has 2 aromatic carbocycles. The Bertz CT molecular complexity index is 1030.